The Labute approximate surface area is 135 Å². The molecule has 0 spiro atoms. The second kappa shape index (κ2) is 5.85. The van der Waals surface area contributed by atoms with Crippen molar-refractivity contribution >= 4 is 32.9 Å². The summed E-state index contributed by atoms with van der Waals surface area (Å²) in [6, 6.07) is 12.4. The molecule has 0 fully saturated rings. The first kappa shape index (κ1) is 14.7. The number of carbonyl (C=O) groups is 1. The van der Waals surface area contributed by atoms with E-state index in [1.54, 1.807) is 31.4 Å². The quantitative estimate of drug-likeness (QED) is 0.500. The lowest BCUT2D eigenvalue weighted by molar-refractivity contribution is 0.0702. The van der Waals surface area contributed by atoms with Crippen LogP contribution in [0.25, 0.3) is 11.0 Å². The Kier molecular flexibility index (Phi) is 3.90. The van der Waals surface area contributed by atoms with Crippen LogP contribution >= 0.6 is 15.9 Å². The van der Waals surface area contributed by atoms with E-state index in [0.29, 0.717) is 17.1 Å². The van der Waals surface area contributed by atoms with Gasteiger partial charge in [-0.1, -0.05) is 15.9 Å². The third-order valence-electron chi connectivity index (χ3n) is 3.35. The molecule has 2 aromatic carbocycles. The van der Waals surface area contributed by atoms with Gasteiger partial charge in [0.05, 0.1) is 7.11 Å². The van der Waals surface area contributed by atoms with E-state index in [1.807, 2.05) is 25.1 Å². The van der Waals surface area contributed by atoms with Crippen LogP contribution in [0, 0.1) is 6.92 Å². The summed E-state index contributed by atoms with van der Waals surface area (Å²) in [4.78, 5) is 12.3. The summed E-state index contributed by atoms with van der Waals surface area (Å²) in [5, 5.41) is 0.885. The van der Waals surface area contributed by atoms with Gasteiger partial charge in [0.25, 0.3) is 0 Å². The largest absolute Gasteiger partial charge is 0.497 e. The van der Waals surface area contributed by atoms with E-state index in [4.69, 9.17) is 13.9 Å². The molecule has 0 amide bonds. The number of halogens is 1. The molecule has 1 heterocycles. The van der Waals surface area contributed by atoms with Gasteiger partial charge >= 0.3 is 5.97 Å². The van der Waals surface area contributed by atoms with Crippen LogP contribution in [0.5, 0.6) is 11.5 Å². The van der Waals surface area contributed by atoms with Crippen molar-refractivity contribution in [3.63, 3.8) is 0 Å². The van der Waals surface area contributed by atoms with Gasteiger partial charge in [-0.2, -0.15) is 0 Å². The third-order valence-corrected chi connectivity index (χ3v) is 3.85. The van der Waals surface area contributed by atoms with E-state index in [1.165, 1.54) is 0 Å². The van der Waals surface area contributed by atoms with Crippen molar-refractivity contribution in [1.82, 2.24) is 0 Å². The third kappa shape index (κ3) is 2.72. The number of furan rings is 1. The Balaban J connectivity index is 1.89. The molecule has 0 saturated carbocycles. The molecule has 3 rings (SSSR count). The molecule has 3 aromatic rings. The number of methoxy groups -OCH3 is 1. The van der Waals surface area contributed by atoms with Crippen molar-refractivity contribution in [1.29, 1.82) is 0 Å². The second-order valence-electron chi connectivity index (χ2n) is 4.76. The number of carbonyl (C=O) groups excluding carboxylic acids is 1. The van der Waals surface area contributed by atoms with E-state index < -0.39 is 5.97 Å². The number of aryl methyl sites for hydroxylation is 1. The molecule has 0 aliphatic carbocycles. The summed E-state index contributed by atoms with van der Waals surface area (Å²) < 4.78 is 16.9. The van der Waals surface area contributed by atoms with E-state index in [2.05, 4.69) is 15.9 Å². The van der Waals surface area contributed by atoms with Crippen LogP contribution in [0.15, 0.2) is 51.4 Å². The fraction of sp³-hybridized carbons (Fsp3) is 0.118. The molecule has 5 heteroatoms. The Bertz CT molecular complexity index is 834. The van der Waals surface area contributed by atoms with Gasteiger partial charge in [-0.15, -0.1) is 0 Å². The standard InChI is InChI=1S/C17H13BrO4/c1-10-14-9-11(18)3-8-15(14)22-16(10)17(19)21-13-6-4-12(20-2)5-7-13/h3-9H,1-2H3. The number of ether oxygens (including phenoxy) is 2. The maximum Gasteiger partial charge on any atom is 0.379 e. The first-order valence-corrected chi connectivity index (χ1v) is 7.42. The summed E-state index contributed by atoms with van der Waals surface area (Å²) in [6.45, 7) is 1.84. The summed E-state index contributed by atoms with van der Waals surface area (Å²) in [5.74, 6) is 0.829. The Hall–Kier alpha value is -2.27. The molecule has 0 saturated heterocycles. The molecule has 0 radical (unpaired) electrons. The van der Waals surface area contributed by atoms with Crippen LogP contribution in [0.4, 0.5) is 0 Å². The van der Waals surface area contributed by atoms with Crippen LogP contribution < -0.4 is 9.47 Å². The molecule has 0 atom stereocenters. The monoisotopic (exact) mass is 360 g/mol. The number of hydrogen-bond donors (Lipinski definition) is 0. The molecular formula is C17H13BrO4. The predicted octanol–water partition coefficient (Wildman–Crippen LogP) is 4.73. The first-order chi connectivity index (χ1) is 10.6. The van der Waals surface area contributed by atoms with Crippen molar-refractivity contribution in [3.05, 3.63) is 58.3 Å². The molecule has 4 nitrogen and oxygen atoms in total. The van der Waals surface area contributed by atoms with Crippen molar-refractivity contribution in [2.24, 2.45) is 0 Å². The van der Waals surface area contributed by atoms with Crippen molar-refractivity contribution in [2.45, 2.75) is 6.92 Å². The average molecular weight is 361 g/mol. The number of esters is 1. The summed E-state index contributed by atoms with van der Waals surface area (Å²) >= 11 is 3.41. The van der Waals surface area contributed by atoms with E-state index in [-0.39, 0.29) is 5.76 Å². The van der Waals surface area contributed by atoms with Crippen LogP contribution in [-0.4, -0.2) is 13.1 Å². The van der Waals surface area contributed by atoms with Crippen LogP contribution in [0.3, 0.4) is 0 Å². The predicted molar refractivity (Wildman–Crippen MR) is 86.6 cm³/mol. The number of benzene rings is 2. The smallest absolute Gasteiger partial charge is 0.379 e. The van der Waals surface area contributed by atoms with Crippen molar-refractivity contribution in [3.8, 4) is 11.5 Å². The van der Waals surface area contributed by atoms with Gasteiger partial charge in [0.2, 0.25) is 5.76 Å². The van der Waals surface area contributed by atoms with Crippen molar-refractivity contribution in [2.75, 3.05) is 7.11 Å². The maximum absolute atomic E-state index is 12.3. The normalized spacial score (nSPS) is 10.7. The zero-order valence-electron chi connectivity index (χ0n) is 12.1. The Morgan fingerprint density at radius 1 is 1.09 bits per heavy atom. The molecule has 22 heavy (non-hydrogen) atoms. The fourth-order valence-electron chi connectivity index (χ4n) is 2.18. The Morgan fingerprint density at radius 2 is 1.77 bits per heavy atom. The zero-order valence-corrected chi connectivity index (χ0v) is 13.6. The van der Waals surface area contributed by atoms with Crippen LogP contribution in [0.2, 0.25) is 0 Å². The van der Waals surface area contributed by atoms with E-state index in [9.17, 15) is 4.79 Å². The van der Waals surface area contributed by atoms with Gasteiger partial charge in [-0.25, -0.2) is 4.79 Å². The highest BCUT2D eigenvalue weighted by Crippen LogP contribution is 2.29. The van der Waals surface area contributed by atoms with Gasteiger partial charge < -0.3 is 13.9 Å². The summed E-state index contributed by atoms with van der Waals surface area (Å²) in [6.07, 6.45) is 0. The topological polar surface area (TPSA) is 48.7 Å². The Morgan fingerprint density at radius 3 is 2.45 bits per heavy atom. The van der Waals surface area contributed by atoms with E-state index in [0.717, 1.165) is 15.4 Å². The lowest BCUT2D eigenvalue weighted by atomic mass is 10.1. The molecule has 0 N–H and O–H groups in total. The molecule has 0 aliphatic rings. The minimum Gasteiger partial charge on any atom is -0.497 e. The van der Waals surface area contributed by atoms with Crippen LogP contribution in [0.1, 0.15) is 16.1 Å². The van der Waals surface area contributed by atoms with Gasteiger partial charge in [0.1, 0.15) is 17.1 Å². The SMILES string of the molecule is COc1ccc(OC(=O)c2oc3ccc(Br)cc3c2C)cc1. The number of fused-ring (bicyclic) bond motifs is 1. The van der Waals surface area contributed by atoms with Gasteiger partial charge in [-0.05, 0) is 49.4 Å². The minimum absolute atomic E-state index is 0.212. The van der Waals surface area contributed by atoms with Gasteiger partial charge in [0.15, 0.2) is 0 Å². The molecule has 0 bridgehead atoms. The summed E-state index contributed by atoms with van der Waals surface area (Å²) in [5.41, 5.74) is 1.41. The highest BCUT2D eigenvalue weighted by molar-refractivity contribution is 9.10. The maximum atomic E-state index is 12.3. The fourth-order valence-corrected chi connectivity index (χ4v) is 2.55. The number of rotatable bonds is 3. The second-order valence-corrected chi connectivity index (χ2v) is 5.68. The van der Waals surface area contributed by atoms with E-state index >= 15 is 0 Å². The van der Waals surface area contributed by atoms with Crippen molar-refractivity contribution < 1.29 is 18.7 Å². The highest BCUT2D eigenvalue weighted by Gasteiger charge is 2.19. The minimum atomic E-state index is -0.519. The summed E-state index contributed by atoms with van der Waals surface area (Å²) in [7, 11) is 1.58. The van der Waals surface area contributed by atoms with Crippen LogP contribution in [-0.2, 0) is 0 Å². The highest BCUT2D eigenvalue weighted by atomic mass is 79.9. The molecule has 1 aromatic heterocycles. The van der Waals surface area contributed by atoms with Gasteiger partial charge in [0, 0.05) is 15.4 Å². The molecule has 0 aliphatic heterocycles. The van der Waals surface area contributed by atoms with Gasteiger partial charge in [-0.3, -0.25) is 0 Å². The lowest BCUT2D eigenvalue weighted by Gasteiger charge is -2.04. The number of hydrogen-bond acceptors (Lipinski definition) is 4. The first-order valence-electron chi connectivity index (χ1n) is 6.63. The lowest BCUT2D eigenvalue weighted by Crippen LogP contribution is -2.08. The average Bonchev–Trinajstić information content (AvgIpc) is 2.85. The molecular weight excluding hydrogens is 348 g/mol. The molecule has 0 unspecified atom stereocenters. The molecule has 112 valence electrons. The zero-order chi connectivity index (χ0) is 15.7.